The first-order chi connectivity index (χ1) is 7.76. The standard InChI is InChI=1S/C12H26N2O2S.ClH/c1-5-14(11(2)8-17(4,15)16)10-12(3)6-7-13-9-12;/h11,13H,5-10H2,1-4H3;1H. The molecule has 0 spiro atoms. The predicted octanol–water partition coefficient (Wildman–Crippen LogP) is 1.16. The molecule has 1 heterocycles. The summed E-state index contributed by atoms with van der Waals surface area (Å²) >= 11 is 0. The van der Waals surface area contributed by atoms with E-state index < -0.39 is 9.84 Å². The lowest BCUT2D eigenvalue weighted by Crippen LogP contribution is -2.44. The minimum Gasteiger partial charge on any atom is -0.316 e. The van der Waals surface area contributed by atoms with Crippen molar-refractivity contribution in [1.82, 2.24) is 10.2 Å². The molecule has 0 radical (unpaired) electrons. The van der Waals surface area contributed by atoms with E-state index in [1.54, 1.807) is 0 Å². The summed E-state index contributed by atoms with van der Waals surface area (Å²) in [6, 6.07) is 0.104. The Balaban J connectivity index is 0.00000289. The zero-order chi connectivity index (χ0) is 13.1. The fourth-order valence-corrected chi connectivity index (χ4v) is 3.70. The molecule has 0 aliphatic carbocycles. The van der Waals surface area contributed by atoms with E-state index in [1.165, 1.54) is 12.7 Å². The van der Waals surface area contributed by atoms with E-state index in [0.29, 0.717) is 5.41 Å². The Hall–Kier alpha value is 0.160. The van der Waals surface area contributed by atoms with Gasteiger partial charge in [0.1, 0.15) is 9.84 Å². The van der Waals surface area contributed by atoms with Crippen molar-refractivity contribution < 1.29 is 8.42 Å². The third kappa shape index (κ3) is 5.87. The molecule has 0 aromatic carbocycles. The van der Waals surface area contributed by atoms with Crippen LogP contribution < -0.4 is 5.32 Å². The van der Waals surface area contributed by atoms with Crippen LogP contribution in [0.25, 0.3) is 0 Å². The second kappa shape index (κ2) is 7.08. The summed E-state index contributed by atoms with van der Waals surface area (Å²) in [4.78, 5) is 2.29. The van der Waals surface area contributed by atoms with Gasteiger partial charge in [0.25, 0.3) is 0 Å². The molecule has 4 nitrogen and oxygen atoms in total. The van der Waals surface area contributed by atoms with Crippen LogP contribution in [-0.2, 0) is 9.84 Å². The average Bonchev–Trinajstić information content (AvgIpc) is 2.59. The van der Waals surface area contributed by atoms with Gasteiger partial charge >= 0.3 is 0 Å². The van der Waals surface area contributed by atoms with Gasteiger partial charge in [-0.2, -0.15) is 0 Å². The Kier molecular flexibility index (Phi) is 7.14. The van der Waals surface area contributed by atoms with Crippen molar-refractivity contribution in [2.24, 2.45) is 5.41 Å². The number of hydrogen-bond donors (Lipinski definition) is 1. The summed E-state index contributed by atoms with van der Waals surface area (Å²) in [5.41, 5.74) is 0.293. The number of halogens is 1. The lowest BCUT2D eigenvalue weighted by molar-refractivity contribution is 0.153. The summed E-state index contributed by atoms with van der Waals surface area (Å²) in [5, 5.41) is 3.38. The first kappa shape index (κ1) is 18.2. The molecular formula is C12H27ClN2O2S. The van der Waals surface area contributed by atoms with Gasteiger partial charge in [-0.1, -0.05) is 13.8 Å². The Morgan fingerprint density at radius 2 is 2.06 bits per heavy atom. The van der Waals surface area contributed by atoms with Gasteiger partial charge in [0, 0.05) is 25.4 Å². The second-order valence-corrected chi connectivity index (χ2v) is 7.93. The van der Waals surface area contributed by atoms with Gasteiger partial charge in [0.15, 0.2) is 0 Å². The number of hydrogen-bond acceptors (Lipinski definition) is 4. The highest BCUT2D eigenvalue weighted by atomic mass is 35.5. The molecular weight excluding hydrogens is 272 g/mol. The van der Waals surface area contributed by atoms with Crippen LogP contribution in [0.2, 0.25) is 0 Å². The van der Waals surface area contributed by atoms with Crippen molar-refractivity contribution in [2.75, 3.05) is 38.2 Å². The van der Waals surface area contributed by atoms with Crippen LogP contribution in [0.15, 0.2) is 0 Å². The van der Waals surface area contributed by atoms with Crippen molar-refractivity contribution in [3.63, 3.8) is 0 Å². The molecule has 6 heteroatoms. The van der Waals surface area contributed by atoms with Crippen molar-refractivity contribution in [2.45, 2.75) is 33.2 Å². The van der Waals surface area contributed by atoms with E-state index in [2.05, 4.69) is 24.1 Å². The third-order valence-electron chi connectivity index (χ3n) is 3.62. The zero-order valence-corrected chi connectivity index (χ0v) is 13.5. The van der Waals surface area contributed by atoms with Crippen LogP contribution in [0.1, 0.15) is 27.2 Å². The highest BCUT2D eigenvalue weighted by Gasteiger charge is 2.32. The van der Waals surface area contributed by atoms with Crippen molar-refractivity contribution in [3.8, 4) is 0 Å². The molecule has 110 valence electrons. The zero-order valence-electron chi connectivity index (χ0n) is 11.9. The van der Waals surface area contributed by atoms with Crippen molar-refractivity contribution in [1.29, 1.82) is 0 Å². The molecule has 0 aromatic rings. The van der Waals surface area contributed by atoms with Gasteiger partial charge in [0.2, 0.25) is 0 Å². The first-order valence-electron chi connectivity index (χ1n) is 6.38. The Bertz CT molecular complexity index is 340. The van der Waals surface area contributed by atoms with Crippen LogP contribution in [-0.4, -0.2) is 57.5 Å². The minimum absolute atomic E-state index is 0. The third-order valence-corrected chi connectivity index (χ3v) is 4.70. The second-order valence-electron chi connectivity index (χ2n) is 5.74. The number of nitrogens with zero attached hydrogens (tertiary/aromatic N) is 1. The minimum atomic E-state index is -2.89. The SMILES string of the molecule is CCN(CC1(C)CCNC1)C(C)CS(C)(=O)=O.Cl. The van der Waals surface area contributed by atoms with Gasteiger partial charge in [-0.25, -0.2) is 8.42 Å². The van der Waals surface area contributed by atoms with E-state index in [9.17, 15) is 8.42 Å². The van der Waals surface area contributed by atoms with Gasteiger partial charge in [-0.15, -0.1) is 12.4 Å². The highest BCUT2D eigenvalue weighted by Crippen LogP contribution is 2.26. The Morgan fingerprint density at radius 1 is 1.44 bits per heavy atom. The van der Waals surface area contributed by atoms with Crippen LogP contribution in [0.4, 0.5) is 0 Å². The maximum absolute atomic E-state index is 11.3. The summed E-state index contributed by atoms with van der Waals surface area (Å²) in [7, 11) is -2.89. The first-order valence-corrected chi connectivity index (χ1v) is 8.44. The average molecular weight is 299 g/mol. The molecule has 1 aliphatic rings. The molecule has 1 aliphatic heterocycles. The topological polar surface area (TPSA) is 49.4 Å². The predicted molar refractivity (Wildman–Crippen MR) is 79.3 cm³/mol. The molecule has 0 saturated carbocycles. The molecule has 2 atom stereocenters. The smallest absolute Gasteiger partial charge is 0.148 e. The maximum atomic E-state index is 11.3. The summed E-state index contributed by atoms with van der Waals surface area (Å²) < 4.78 is 22.7. The molecule has 0 amide bonds. The highest BCUT2D eigenvalue weighted by molar-refractivity contribution is 7.90. The van der Waals surface area contributed by atoms with E-state index in [-0.39, 0.29) is 24.2 Å². The molecule has 1 N–H and O–H groups in total. The quantitative estimate of drug-likeness (QED) is 0.799. The molecule has 0 bridgehead atoms. The number of nitrogens with one attached hydrogen (secondary N) is 1. The van der Waals surface area contributed by atoms with Gasteiger partial charge in [-0.3, -0.25) is 4.90 Å². The van der Waals surface area contributed by atoms with E-state index in [4.69, 9.17) is 0 Å². The molecule has 18 heavy (non-hydrogen) atoms. The largest absolute Gasteiger partial charge is 0.316 e. The van der Waals surface area contributed by atoms with Crippen LogP contribution in [0.5, 0.6) is 0 Å². The Morgan fingerprint density at radius 3 is 2.44 bits per heavy atom. The summed E-state index contributed by atoms with van der Waals surface area (Å²) in [5.74, 6) is 0.254. The normalized spacial score (nSPS) is 26.1. The fraction of sp³-hybridized carbons (Fsp3) is 1.00. The van der Waals surface area contributed by atoms with Gasteiger partial charge in [0.05, 0.1) is 5.75 Å². The summed E-state index contributed by atoms with van der Waals surface area (Å²) in [6.07, 6.45) is 2.49. The van der Waals surface area contributed by atoms with Gasteiger partial charge in [-0.05, 0) is 31.8 Å². The molecule has 1 saturated heterocycles. The van der Waals surface area contributed by atoms with Gasteiger partial charge < -0.3 is 5.32 Å². The maximum Gasteiger partial charge on any atom is 0.148 e. The monoisotopic (exact) mass is 298 g/mol. The molecule has 1 rings (SSSR count). The fourth-order valence-electron chi connectivity index (χ4n) is 2.62. The number of sulfone groups is 1. The Labute approximate surface area is 118 Å². The molecule has 0 aromatic heterocycles. The van der Waals surface area contributed by atoms with Crippen molar-refractivity contribution in [3.05, 3.63) is 0 Å². The van der Waals surface area contributed by atoms with Crippen molar-refractivity contribution >= 4 is 22.2 Å². The number of rotatable bonds is 6. The van der Waals surface area contributed by atoms with E-state index >= 15 is 0 Å². The van der Waals surface area contributed by atoms with E-state index in [1.807, 2.05) is 6.92 Å². The molecule has 2 unspecified atom stereocenters. The lowest BCUT2D eigenvalue weighted by atomic mass is 9.89. The molecule has 1 fully saturated rings. The van der Waals surface area contributed by atoms with E-state index in [0.717, 1.165) is 26.2 Å². The summed E-state index contributed by atoms with van der Waals surface area (Å²) in [6.45, 7) is 10.4. The van der Waals surface area contributed by atoms with Crippen LogP contribution >= 0.6 is 12.4 Å². The van der Waals surface area contributed by atoms with Crippen LogP contribution in [0, 0.1) is 5.41 Å². The van der Waals surface area contributed by atoms with Crippen LogP contribution in [0.3, 0.4) is 0 Å². The lowest BCUT2D eigenvalue weighted by Gasteiger charge is -2.35.